The van der Waals surface area contributed by atoms with Crippen LogP contribution in [0.1, 0.15) is 39.5 Å². The molecule has 142 valence electrons. The van der Waals surface area contributed by atoms with Crippen molar-refractivity contribution in [2.45, 2.75) is 39.5 Å². The number of rotatable bonds is 12. The minimum atomic E-state index is -0.847. The van der Waals surface area contributed by atoms with Crippen LogP contribution in [0.5, 0.6) is 0 Å². The number of nitro groups is 2. The van der Waals surface area contributed by atoms with Crippen LogP contribution >= 0.6 is 0 Å². The Bertz CT molecular complexity index is 682. The molecule has 0 aliphatic carbocycles. The lowest BCUT2D eigenvalue weighted by Crippen LogP contribution is -2.21. The molecule has 0 saturated heterocycles. The van der Waals surface area contributed by atoms with E-state index in [2.05, 4.69) is 10.6 Å². The molecule has 0 fully saturated rings. The Balaban J connectivity index is 3.44. The van der Waals surface area contributed by atoms with Crippen LogP contribution < -0.4 is 10.0 Å². The van der Waals surface area contributed by atoms with Crippen molar-refractivity contribution in [1.82, 2.24) is 0 Å². The SMILES string of the molecule is CCCCCCN(N=O)c1cc(N(CC)N=O)c([N+](=O)[O-])cc1[N+](=O)[O-]. The van der Waals surface area contributed by atoms with Crippen LogP contribution in [0.3, 0.4) is 0 Å². The van der Waals surface area contributed by atoms with Crippen LogP contribution in [0.2, 0.25) is 0 Å². The maximum Gasteiger partial charge on any atom is 0.301 e. The summed E-state index contributed by atoms with van der Waals surface area (Å²) in [5.74, 6) is 0. The minimum Gasteiger partial charge on any atom is -0.258 e. The van der Waals surface area contributed by atoms with Gasteiger partial charge in [-0.25, -0.2) is 10.0 Å². The largest absolute Gasteiger partial charge is 0.301 e. The Kier molecular flexibility index (Phi) is 7.99. The van der Waals surface area contributed by atoms with Crippen molar-refractivity contribution in [1.29, 1.82) is 0 Å². The molecule has 1 rings (SSSR count). The van der Waals surface area contributed by atoms with Crippen molar-refractivity contribution in [2.24, 2.45) is 10.6 Å². The van der Waals surface area contributed by atoms with Gasteiger partial charge in [0, 0.05) is 19.2 Å². The second-order valence-corrected chi connectivity index (χ2v) is 5.41. The van der Waals surface area contributed by atoms with E-state index in [0.717, 1.165) is 35.3 Å². The quantitative estimate of drug-likeness (QED) is 0.231. The van der Waals surface area contributed by atoms with Crippen LogP contribution in [0, 0.1) is 30.0 Å². The van der Waals surface area contributed by atoms with E-state index in [4.69, 9.17) is 0 Å². The lowest BCUT2D eigenvalue weighted by molar-refractivity contribution is -0.393. The molecule has 12 heteroatoms. The predicted octanol–water partition coefficient (Wildman–Crippen LogP) is 4.08. The van der Waals surface area contributed by atoms with Gasteiger partial charge in [-0.1, -0.05) is 26.2 Å². The summed E-state index contributed by atoms with van der Waals surface area (Å²) in [6.45, 7) is 3.66. The first-order valence-electron chi connectivity index (χ1n) is 8.09. The summed E-state index contributed by atoms with van der Waals surface area (Å²) in [6, 6.07) is 1.74. The van der Waals surface area contributed by atoms with Crippen molar-refractivity contribution in [2.75, 3.05) is 23.1 Å². The molecule has 0 heterocycles. The van der Waals surface area contributed by atoms with Gasteiger partial charge >= 0.3 is 11.4 Å². The Morgan fingerprint density at radius 3 is 1.85 bits per heavy atom. The van der Waals surface area contributed by atoms with Gasteiger partial charge < -0.3 is 0 Å². The lowest BCUT2D eigenvalue weighted by Gasteiger charge is -2.18. The number of hydrogen-bond acceptors (Lipinski definition) is 8. The maximum absolute atomic E-state index is 11.3. The first-order chi connectivity index (χ1) is 12.4. The third kappa shape index (κ3) is 4.91. The van der Waals surface area contributed by atoms with Crippen LogP contribution in [0.4, 0.5) is 22.7 Å². The summed E-state index contributed by atoms with van der Waals surface area (Å²) >= 11 is 0. The highest BCUT2D eigenvalue weighted by Gasteiger charge is 2.30. The van der Waals surface area contributed by atoms with Gasteiger partial charge in [0.15, 0.2) is 0 Å². The van der Waals surface area contributed by atoms with Crippen LogP contribution in [-0.4, -0.2) is 22.9 Å². The first kappa shape index (κ1) is 20.9. The van der Waals surface area contributed by atoms with E-state index >= 15 is 0 Å². The van der Waals surface area contributed by atoms with Gasteiger partial charge in [-0.05, 0) is 13.3 Å². The molecule has 0 unspecified atom stereocenters. The summed E-state index contributed by atoms with van der Waals surface area (Å²) in [7, 11) is 0. The summed E-state index contributed by atoms with van der Waals surface area (Å²) in [5.41, 5.74) is -1.75. The van der Waals surface area contributed by atoms with Crippen molar-refractivity contribution < 1.29 is 9.85 Å². The normalized spacial score (nSPS) is 10.2. The second kappa shape index (κ2) is 9.96. The highest BCUT2D eigenvalue weighted by Crippen LogP contribution is 2.40. The molecule has 0 aliphatic heterocycles. The van der Waals surface area contributed by atoms with Gasteiger partial charge in [-0.2, -0.15) is 0 Å². The van der Waals surface area contributed by atoms with Gasteiger partial charge in [-0.15, -0.1) is 9.81 Å². The number of hydrogen-bond donors (Lipinski definition) is 0. The van der Waals surface area contributed by atoms with Crippen molar-refractivity contribution >= 4 is 22.7 Å². The summed E-state index contributed by atoms with van der Waals surface area (Å²) in [6.07, 6.45) is 3.26. The van der Waals surface area contributed by atoms with Crippen LogP contribution in [0.15, 0.2) is 22.7 Å². The molecular weight excluding hydrogens is 348 g/mol. The van der Waals surface area contributed by atoms with E-state index in [-0.39, 0.29) is 24.5 Å². The topological polar surface area (TPSA) is 152 Å². The number of nitro benzene ring substituents is 2. The Hall–Kier alpha value is -3.18. The highest BCUT2D eigenvalue weighted by molar-refractivity contribution is 5.78. The fraction of sp³-hybridized carbons (Fsp3) is 0.571. The smallest absolute Gasteiger partial charge is 0.258 e. The predicted molar refractivity (Wildman–Crippen MR) is 95.8 cm³/mol. The molecule has 1 aromatic rings. The fourth-order valence-corrected chi connectivity index (χ4v) is 2.43. The van der Waals surface area contributed by atoms with Crippen LogP contribution in [0.25, 0.3) is 0 Å². The number of nitrogens with zero attached hydrogens (tertiary/aromatic N) is 6. The molecule has 0 saturated carbocycles. The molecule has 12 nitrogen and oxygen atoms in total. The van der Waals surface area contributed by atoms with E-state index in [1.165, 1.54) is 6.92 Å². The second-order valence-electron chi connectivity index (χ2n) is 5.41. The highest BCUT2D eigenvalue weighted by atomic mass is 16.6. The minimum absolute atomic E-state index is 0.00656. The fourth-order valence-electron chi connectivity index (χ4n) is 2.43. The molecule has 26 heavy (non-hydrogen) atoms. The molecule has 0 N–H and O–H groups in total. The molecule has 0 atom stereocenters. The monoisotopic (exact) mass is 368 g/mol. The standard InChI is InChI=1S/C14H20N6O6/c1-3-5-6-7-8-18(16-22)12-9-11(17(4-2)15-21)13(19(23)24)10-14(12)20(25)26/h9-10H,3-8H2,1-2H3. The van der Waals surface area contributed by atoms with Gasteiger partial charge in [0.25, 0.3) is 0 Å². The van der Waals surface area contributed by atoms with E-state index in [9.17, 15) is 30.0 Å². The Labute approximate surface area is 149 Å². The lowest BCUT2D eigenvalue weighted by atomic mass is 10.1. The molecule has 0 radical (unpaired) electrons. The zero-order valence-electron chi connectivity index (χ0n) is 14.5. The molecule has 1 aromatic carbocycles. The third-order valence-corrected chi connectivity index (χ3v) is 3.74. The number of nitroso groups, excluding NO2 is 2. The number of unbranched alkanes of at least 4 members (excludes halogenated alkanes) is 3. The van der Waals surface area contributed by atoms with Gasteiger partial charge in [0.2, 0.25) is 0 Å². The van der Waals surface area contributed by atoms with E-state index in [1.807, 2.05) is 6.92 Å². The average Bonchev–Trinajstić information content (AvgIpc) is 2.62. The number of anilines is 2. The van der Waals surface area contributed by atoms with E-state index in [0.29, 0.717) is 12.5 Å². The average molecular weight is 368 g/mol. The summed E-state index contributed by atoms with van der Waals surface area (Å²) in [4.78, 5) is 43.0. The first-order valence-corrected chi connectivity index (χ1v) is 8.09. The van der Waals surface area contributed by atoms with Crippen LogP contribution in [-0.2, 0) is 0 Å². The van der Waals surface area contributed by atoms with Crippen molar-refractivity contribution in [3.8, 4) is 0 Å². The molecule has 0 spiro atoms. The Morgan fingerprint density at radius 2 is 1.42 bits per heavy atom. The summed E-state index contributed by atoms with van der Waals surface area (Å²) in [5, 5.41) is 29.7. The van der Waals surface area contributed by atoms with Gasteiger partial charge in [-0.3, -0.25) is 20.2 Å². The Morgan fingerprint density at radius 1 is 0.885 bits per heavy atom. The third-order valence-electron chi connectivity index (χ3n) is 3.74. The van der Waals surface area contributed by atoms with E-state index in [1.54, 1.807) is 0 Å². The number of benzene rings is 1. The zero-order chi connectivity index (χ0) is 19.7. The van der Waals surface area contributed by atoms with E-state index < -0.39 is 21.2 Å². The van der Waals surface area contributed by atoms with Crippen molar-refractivity contribution in [3.63, 3.8) is 0 Å². The molecule has 0 aromatic heterocycles. The molecule has 0 aliphatic rings. The molecule has 0 amide bonds. The van der Waals surface area contributed by atoms with Gasteiger partial charge in [0.1, 0.15) is 11.4 Å². The zero-order valence-corrected chi connectivity index (χ0v) is 14.5. The van der Waals surface area contributed by atoms with Gasteiger partial charge in [0.05, 0.1) is 26.5 Å². The summed E-state index contributed by atoms with van der Waals surface area (Å²) < 4.78 is 0. The molecule has 0 bridgehead atoms. The van der Waals surface area contributed by atoms with Crippen molar-refractivity contribution in [3.05, 3.63) is 42.2 Å². The molecular formula is C14H20N6O6. The maximum atomic E-state index is 11.3.